The van der Waals surface area contributed by atoms with Crippen molar-refractivity contribution in [3.8, 4) is 11.5 Å². The molecule has 1 aromatic carbocycles. The van der Waals surface area contributed by atoms with E-state index in [9.17, 15) is 9.59 Å². The molecule has 0 aliphatic rings. The van der Waals surface area contributed by atoms with Crippen molar-refractivity contribution < 1.29 is 19.1 Å². The van der Waals surface area contributed by atoms with Crippen LogP contribution in [0.4, 0.5) is 5.69 Å². The SMILES string of the molecule is COc1ccc(N(CC(=O)NCCC(C)C)C(C)=O)cc1OC. The van der Waals surface area contributed by atoms with Gasteiger partial charge in [0.05, 0.1) is 14.2 Å². The molecule has 128 valence electrons. The van der Waals surface area contributed by atoms with Crippen LogP contribution in [-0.2, 0) is 9.59 Å². The van der Waals surface area contributed by atoms with Crippen LogP contribution in [0.5, 0.6) is 11.5 Å². The normalized spacial score (nSPS) is 10.3. The average Bonchev–Trinajstić information content (AvgIpc) is 2.51. The van der Waals surface area contributed by atoms with Crippen LogP contribution in [-0.4, -0.2) is 39.1 Å². The molecule has 0 spiro atoms. The van der Waals surface area contributed by atoms with E-state index in [-0.39, 0.29) is 18.4 Å². The third kappa shape index (κ3) is 5.81. The predicted octanol–water partition coefficient (Wildman–Crippen LogP) is 2.22. The molecular formula is C17H26N2O4. The molecule has 0 aliphatic carbocycles. The van der Waals surface area contributed by atoms with Crippen molar-refractivity contribution in [1.29, 1.82) is 0 Å². The Hall–Kier alpha value is -2.24. The number of hydrogen-bond acceptors (Lipinski definition) is 4. The molecule has 0 saturated heterocycles. The van der Waals surface area contributed by atoms with Crippen molar-refractivity contribution in [2.75, 3.05) is 32.2 Å². The molecule has 0 bridgehead atoms. The van der Waals surface area contributed by atoms with Crippen LogP contribution in [0.15, 0.2) is 18.2 Å². The van der Waals surface area contributed by atoms with E-state index in [0.717, 1.165) is 6.42 Å². The standard InChI is InChI=1S/C17H26N2O4/c1-12(2)8-9-18-17(21)11-19(13(3)20)14-6-7-15(22-4)16(10-14)23-5/h6-7,10,12H,8-9,11H2,1-5H3,(H,18,21). The number of ether oxygens (including phenoxy) is 2. The maximum Gasteiger partial charge on any atom is 0.240 e. The van der Waals surface area contributed by atoms with E-state index in [0.29, 0.717) is 29.6 Å². The van der Waals surface area contributed by atoms with Crippen molar-refractivity contribution in [2.45, 2.75) is 27.2 Å². The maximum atomic E-state index is 12.0. The number of nitrogens with one attached hydrogen (secondary N) is 1. The van der Waals surface area contributed by atoms with Gasteiger partial charge in [-0.25, -0.2) is 0 Å². The zero-order valence-electron chi connectivity index (χ0n) is 14.5. The smallest absolute Gasteiger partial charge is 0.240 e. The van der Waals surface area contributed by atoms with Gasteiger partial charge in [-0.2, -0.15) is 0 Å². The molecule has 0 aliphatic heterocycles. The highest BCUT2D eigenvalue weighted by atomic mass is 16.5. The van der Waals surface area contributed by atoms with E-state index in [1.54, 1.807) is 25.3 Å². The summed E-state index contributed by atoms with van der Waals surface area (Å²) in [6.45, 7) is 6.20. The van der Waals surface area contributed by atoms with Gasteiger partial charge < -0.3 is 19.7 Å². The molecule has 0 aromatic heterocycles. The van der Waals surface area contributed by atoms with E-state index in [1.165, 1.54) is 18.9 Å². The number of anilines is 1. The third-order valence-electron chi connectivity index (χ3n) is 3.40. The van der Waals surface area contributed by atoms with Gasteiger partial charge in [-0.1, -0.05) is 13.8 Å². The first-order chi connectivity index (χ1) is 10.9. The number of carbonyl (C=O) groups excluding carboxylic acids is 2. The lowest BCUT2D eigenvalue weighted by atomic mass is 10.1. The van der Waals surface area contributed by atoms with Crippen LogP contribution in [0.1, 0.15) is 27.2 Å². The van der Waals surface area contributed by atoms with Crippen LogP contribution in [0, 0.1) is 5.92 Å². The molecule has 0 saturated carbocycles. The minimum absolute atomic E-state index is 0.0249. The Kier molecular flexibility index (Phi) is 7.38. The second-order valence-corrected chi connectivity index (χ2v) is 5.68. The quantitative estimate of drug-likeness (QED) is 0.797. The molecule has 0 unspecified atom stereocenters. The van der Waals surface area contributed by atoms with Gasteiger partial charge in [-0.3, -0.25) is 9.59 Å². The summed E-state index contributed by atoms with van der Waals surface area (Å²) in [4.78, 5) is 25.3. The molecule has 0 fully saturated rings. The molecule has 0 radical (unpaired) electrons. The van der Waals surface area contributed by atoms with Crippen molar-refractivity contribution >= 4 is 17.5 Å². The zero-order valence-corrected chi connectivity index (χ0v) is 14.5. The van der Waals surface area contributed by atoms with E-state index < -0.39 is 0 Å². The second-order valence-electron chi connectivity index (χ2n) is 5.68. The minimum Gasteiger partial charge on any atom is -0.493 e. The van der Waals surface area contributed by atoms with Crippen LogP contribution in [0.3, 0.4) is 0 Å². The molecule has 6 nitrogen and oxygen atoms in total. The van der Waals surface area contributed by atoms with Gasteiger partial charge in [0.1, 0.15) is 6.54 Å². The topological polar surface area (TPSA) is 67.9 Å². The number of nitrogens with zero attached hydrogens (tertiary/aromatic N) is 1. The first-order valence-corrected chi connectivity index (χ1v) is 7.65. The molecule has 1 N–H and O–H groups in total. The zero-order chi connectivity index (χ0) is 17.4. The van der Waals surface area contributed by atoms with Crippen molar-refractivity contribution in [2.24, 2.45) is 5.92 Å². The lowest BCUT2D eigenvalue weighted by Crippen LogP contribution is -2.40. The maximum absolute atomic E-state index is 12.0. The van der Waals surface area contributed by atoms with Crippen LogP contribution >= 0.6 is 0 Å². The number of amides is 2. The Morgan fingerprint density at radius 3 is 2.35 bits per heavy atom. The lowest BCUT2D eigenvalue weighted by molar-refractivity contribution is -0.123. The second kappa shape index (κ2) is 9.02. The summed E-state index contributed by atoms with van der Waals surface area (Å²) in [5.74, 6) is 1.20. The highest BCUT2D eigenvalue weighted by Crippen LogP contribution is 2.31. The highest BCUT2D eigenvalue weighted by Gasteiger charge is 2.17. The van der Waals surface area contributed by atoms with Crippen molar-refractivity contribution in [1.82, 2.24) is 5.32 Å². The Labute approximate surface area is 137 Å². The molecule has 1 aromatic rings. The minimum atomic E-state index is -0.212. The summed E-state index contributed by atoms with van der Waals surface area (Å²) in [5, 5.41) is 2.83. The van der Waals surface area contributed by atoms with Gasteiger partial charge in [0.25, 0.3) is 0 Å². The van der Waals surface area contributed by atoms with E-state index in [4.69, 9.17) is 9.47 Å². The summed E-state index contributed by atoms with van der Waals surface area (Å²) in [7, 11) is 3.07. The first-order valence-electron chi connectivity index (χ1n) is 7.65. The van der Waals surface area contributed by atoms with Crippen LogP contribution in [0.25, 0.3) is 0 Å². The molecule has 2 amide bonds. The fourth-order valence-corrected chi connectivity index (χ4v) is 2.08. The molecule has 0 heterocycles. The summed E-state index contributed by atoms with van der Waals surface area (Å²) >= 11 is 0. The monoisotopic (exact) mass is 322 g/mol. The Balaban J connectivity index is 2.82. The number of methoxy groups -OCH3 is 2. The highest BCUT2D eigenvalue weighted by molar-refractivity contribution is 5.97. The molecule has 1 rings (SSSR count). The number of hydrogen-bond donors (Lipinski definition) is 1. The molecular weight excluding hydrogens is 296 g/mol. The lowest BCUT2D eigenvalue weighted by Gasteiger charge is -2.22. The van der Waals surface area contributed by atoms with Gasteiger partial charge in [0, 0.05) is 25.2 Å². The van der Waals surface area contributed by atoms with Crippen LogP contribution in [0.2, 0.25) is 0 Å². The average molecular weight is 322 g/mol. The summed E-state index contributed by atoms with van der Waals surface area (Å²) in [6, 6.07) is 5.12. The number of rotatable bonds is 8. The van der Waals surface area contributed by atoms with E-state index in [1.807, 2.05) is 0 Å². The van der Waals surface area contributed by atoms with E-state index in [2.05, 4.69) is 19.2 Å². The Bertz CT molecular complexity index is 543. The number of benzene rings is 1. The van der Waals surface area contributed by atoms with Gasteiger partial charge in [-0.05, 0) is 24.5 Å². The Morgan fingerprint density at radius 1 is 1.17 bits per heavy atom. The summed E-state index contributed by atoms with van der Waals surface area (Å²) in [5.41, 5.74) is 0.592. The van der Waals surface area contributed by atoms with Crippen molar-refractivity contribution in [3.05, 3.63) is 18.2 Å². The molecule has 0 atom stereocenters. The molecule has 6 heteroatoms. The van der Waals surface area contributed by atoms with Crippen LogP contribution < -0.4 is 19.7 Å². The first kappa shape index (κ1) is 18.8. The Morgan fingerprint density at radius 2 is 1.83 bits per heavy atom. The van der Waals surface area contributed by atoms with E-state index >= 15 is 0 Å². The van der Waals surface area contributed by atoms with Gasteiger partial charge in [-0.15, -0.1) is 0 Å². The summed E-state index contributed by atoms with van der Waals surface area (Å²) in [6.07, 6.45) is 0.905. The van der Waals surface area contributed by atoms with Gasteiger partial charge in [0.2, 0.25) is 11.8 Å². The fraction of sp³-hybridized carbons (Fsp3) is 0.529. The molecule has 23 heavy (non-hydrogen) atoms. The largest absolute Gasteiger partial charge is 0.493 e. The van der Waals surface area contributed by atoms with Crippen molar-refractivity contribution in [3.63, 3.8) is 0 Å². The fourth-order valence-electron chi connectivity index (χ4n) is 2.08. The van der Waals surface area contributed by atoms with Gasteiger partial charge in [0.15, 0.2) is 11.5 Å². The van der Waals surface area contributed by atoms with Gasteiger partial charge >= 0.3 is 0 Å². The predicted molar refractivity (Wildman–Crippen MR) is 90.0 cm³/mol. The number of carbonyl (C=O) groups is 2. The summed E-state index contributed by atoms with van der Waals surface area (Å²) < 4.78 is 10.4. The third-order valence-corrected chi connectivity index (χ3v) is 3.40.